The van der Waals surface area contributed by atoms with Crippen LogP contribution in [0.15, 0.2) is 18.2 Å². The zero-order chi connectivity index (χ0) is 10.7. The molecule has 0 bridgehead atoms. The second-order valence-corrected chi connectivity index (χ2v) is 4.16. The number of benzene rings is 1. The number of hydrogen-bond donors (Lipinski definition) is 1. The van der Waals surface area contributed by atoms with E-state index in [1.807, 2.05) is 7.05 Å². The monoisotopic (exact) mass is 225 g/mol. The van der Waals surface area contributed by atoms with Gasteiger partial charge in [0.15, 0.2) is 0 Å². The number of ether oxygens (including phenoxy) is 1. The van der Waals surface area contributed by atoms with E-state index in [4.69, 9.17) is 16.3 Å². The quantitative estimate of drug-likeness (QED) is 0.796. The highest BCUT2D eigenvalue weighted by Gasteiger charge is 2.15. The molecule has 15 heavy (non-hydrogen) atoms. The van der Waals surface area contributed by atoms with Crippen molar-refractivity contribution in [2.45, 2.75) is 18.9 Å². The van der Waals surface area contributed by atoms with Crippen LogP contribution in [-0.2, 0) is 6.42 Å². The van der Waals surface area contributed by atoms with Gasteiger partial charge in [0.2, 0.25) is 0 Å². The molecule has 1 heterocycles. The van der Waals surface area contributed by atoms with E-state index in [0.29, 0.717) is 11.9 Å². The van der Waals surface area contributed by atoms with Crippen molar-refractivity contribution in [2.75, 3.05) is 19.5 Å². The van der Waals surface area contributed by atoms with E-state index in [0.717, 1.165) is 25.2 Å². The number of hydrogen-bond acceptors (Lipinski definition) is 2. The third kappa shape index (κ3) is 2.27. The van der Waals surface area contributed by atoms with Crippen LogP contribution in [0, 0.1) is 0 Å². The van der Waals surface area contributed by atoms with Crippen molar-refractivity contribution in [3.05, 3.63) is 29.3 Å². The molecule has 1 aliphatic rings. The number of rotatable bonds is 4. The van der Waals surface area contributed by atoms with Gasteiger partial charge >= 0.3 is 0 Å². The summed E-state index contributed by atoms with van der Waals surface area (Å²) < 4.78 is 5.48. The van der Waals surface area contributed by atoms with Gasteiger partial charge in [0.05, 0.1) is 6.61 Å². The molecule has 0 saturated heterocycles. The molecule has 0 aliphatic carbocycles. The fourth-order valence-electron chi connectivity index (χ4n) is 2.01. The third-order valence-electron chi connectivity index (χ3n) is 2.86. The first-order chi connectivity index (χ1) is 7.35. The van der Waals surface area contributed by atoms with Crippen LogP contribution in [0.4, 0.5) is 0 Å². The van der Waals surface area contributed by atoms with E-state index in [-0.39, 0.29) is 0 Å². The largest absolute Gasteiger partial charge is 0.493 e. The Balaban J connectivity index is 2.20. The average molecular weight is 226 g/mol. The van der Waals surface area contributed by atoms with E-state index in [1.54, 1.807) is 0 Å². The number of fused-ring (bicyclic) bond motifs is 1. The summed E-state index contributed by atoms with van der Waals surface area (Å²) in [4.78, 5) is 0. The lowest BCUT2D eigenvalue weighted by Gasteiger charge is -2.15. The molecule has 1 aromatic rings. The Kier molecular flexibility index (Phi) is 3.49. The molecule has 1 atom stereocenters. The molecule has 3 heteroatoms. The van der Waals surface area contributed by atoms with Crippen LogP contribution in [-0.4, -0.2) is 19.5 Å². The van der Waals surface area contributed by atoms with Gasteiger partial charge in [0.1, 0.15) is 5.75 Å². The van der Waals surface area contributed by atoms with E-state index < -0.39 is 0 Å². The van der Waals surface area contributed by atoms with Crippen LogP contribution >= 0.6 is 11.6 Å². The molecule has 1 N–H and O–H groups in total. The maximum absolute atomic E-state index is 5.78. The molecule has 2 rings (SSSR count). The van der Waals surface area contributed by atoms with Gasteiger partial charge in [-0.05, 0) is 30.7 Å². The first-order valence-electron chi connectivity index (χ1n) is 5.34. The van der Waals surface area contributed by atoms with Gasteiger partial charge in [-0.1, -0.05) is 12.1 Å². The summed E-state index contributed by atoms with van der Waals surface area (Å²) in [6, 6.07) is 6.78. The summed E-state index contributed by atoms with van der Waals surface area (Å²) in [6.07, 6.45) is 1.98. The van der Waals surface area contributed by atoms with Gasteiger partial charge in [-0.15, -0.1) is 11.6 Å². The predicted octanol–water partition coefficient (Wildman–Crippen LogP) is 2.51. The van der Waals surface area contributed by atoms with Crippen molar-refractivity contribution in [3.63, 3.8) is 0 Å². The third-order valence-corrected chi connectivity index (χ3v) is 3.08. The molecule has 0 saturated carbocycles. The maximum Gasteiger partial charge on any atom is 0.122 e. The van der Waals surface area contributed by atoms with E-state index in [2.05, 4.69) is 23.5 Å². The number of alkyl halides is 1. The second-order valence-electron chi connectivity index (χ2n) is 3.78. The van der Waals surface area contributed by atoms with Crippen LogP contribution in [0.3, 0.4) is 0 Å². The Hall–Kier alpha value is -0.730. The molecule has 0 fully saturated rings. The van der Waals surface area contributed by atoms with E-state index in [1.165, 1.54) is 11.1 Å². The smallest absolute Gasteiger partial charge is 0.122 e. The lowest BCUT2D eigenvalue weighted by Crippen LogP contribution is -2.16. The van der Waals surface area contributed by atoms with Crippen molar-refractivity contribution in [1.29, 1.82) is 0 Å². The van der Waals surface area contributed by atoms with Crippen LogP contribution in [0.25, 0.3) is 0 Å². The Morgan fingerprint density at radius 3 is 3.13 bits per heavy atom. The molecule has 0 spiro atoms. The van der Waals surface area contributed by atoms with Crippen molar-refractivity contribution in [2.24, 2.45) is 0 Å². The minimum absolute atomic E-state index is 0.355. The highest BCUT2D eigenvalue weighted by atomic mass is 35.5. The standard InChI is InChI=1S/C12H16ClNO/c1-14-11(4-6-13)9-2-3-12-10(8-9)5-7-15-12/h2-3,8,11,14H,4-7H2,1H3. The van der Waals surface area contributed by atoms with Crippen molar-refractivity contribution < 1.29 is 4.74 Å². The fourth-order valence-corrected chi connectivity index (χ4v) is 2.23. The highest BCUT2D eigenvalue weighted by molar-refractivity contribution is 6.17. The van der Waals surface area contributed by atoms with Crippen LogP contribution < -0.4 is 10.1 Å². The molecule has 1 aromatic carbocycles. The Morgan fingerprint density at radius 1 is 1.53 bits per heavy atom. The Labute approximate surface area is 95.6 Å². The molecule has 1 unspecified atom stereocenters. The van der Waals surface area contributed by atoms with E-state index >= 15 is 0 Å². The topological polar surface area (TPSA) is 21.3 Å². The highest BCUT2D eigenvalue weighted by Crippen LogP contribution is 2.29. The first-order valence-corrected chi connectivity index (χ1v) is 5.87. The fraction of sp³-hybridized carbons (Fsp3) is 0.500. The molecular weight excluding hydrogens is 210 g/mol. The van der Waals surface area contributed by atoms with Crippen LogP contribution in [0.1, 0.15) is 23.6 Å². The van der Waals surface area contributed by atoms with E-state index in [9.17, 15) is 0 Å². The summed E-state index contributed by atoms with van der Waals surface area (Å²) in [5.41, 5.74) is 2.63. The molecule has 2 nitrogen and oxygen atoms in total. The summed E-state index contributed by atoms with van der Waals surface area (Å²) in [5.74, 6) is 1.72. The number of halogens is 1. The van der Waals surface area contributed by atoms with Crippen LogP contribution in [0.5, 0.6) is 5.75 Å². The summed E-state index contributed by atoms with van der Waals surface area (Å²) in [5, 5.41) is 3.29. The SMILES string of the molecule is CNC(CCCl)c1ccc2c(c1)CCO2. The second kappa shape index (κ2) is 4.86. The summed E-state index contributed by atoms with van der Waals surface area (Å²) in [7, 11) is 1.97. The molecule has 82 valence electrons. The van der Waals surface area contributed by atoms with Gasteiger partial charge in [-0.25, -0.2) is 0 Å². The lowest BCUT2D eigenvalue weighted by molar-refractivity contribution is 0.356. The van der Waals surface area contributed by atoms with Gasteiger partial charge < -0.3 is 10.1 Å². The van der Waals surface area contributed by atoms with Crippen molar-refractivity contribution in [1.82, 2.24) is 5.32 Å². The van der Waals surface area contributed by atoms with Gasteiger partial charge in [0.25, 0.3) is 0 Å². The Morgan fingerprint density at radius 2 is 2.40 bits per heavy atom. The molecule has 0 radical (unpaired) electrons. The van der Waals surface area contributed by atoms with Crippen LogP contribution in [0.2, 0.25) is 0 Å². The molecule has 0 amide bonds. The van der Waals surface area contributed by atoms with Gasteiger partial charge in [-0.3, -0.25) is 0 Å². The predicted molar refractivity (Wildman–Crippen MR) is 62.8 cm³/mol. The normalized spacial score (nSPS) is 15.9. The Bertz CT molecular complexity index is 340. The summed E-state index contributed by atoms with van der Waals surface area (Å²) >= 11 is 5.78. The molecule has 1 aliphatic heterocycles. The number of nitrogens with one attached hydrogen (secondary N) is 1. The van der Waals surface area contributed by atoms with Crippen molar-refractivity contribution >= 4 is 11.6 Å². The minimum Gasteiger partial charge on any atom is -0.493 e. The lowest BCUT2D eigenvalue weighted by atomic mass is 10.0. The average Bonchev–Trinajstić information content (AvgIpc) is 2.72. The first kappa shape index (κ1) is 10.8. The summed E-state index contributed by atoms with van der Waals surface area (Å²) in [6.45, 7) is 0.818. The molecular formula is C12H16ClNO. The zero-order valence-corrected chi connectivity index (χ0v) is 9.68. The van der Waals surface area contributed by atoms with Crippen molar-refractivity contribution in [3.8, 4) is 5.75 Å². The zero-order valence-electron chi connectivity index (χ0n) is 8.92. The molecule has 0 aromatic heterocycles. The van der Waals surface area contributed by atoms with Gasteiger partial charge in [0, 0.05) is 18.3 Å². The maximum atomic E-state index is 5.78. The minimum atomic E-state index is 0.355. The van der Waals surface area contributed by atoms with Gasteiger partial charge in [-0.2, -0.15) is 0 Å².